The fourth-order valence-corrected chi connectivity index (χ4v) is 4.70. The lowest BCUT2D eigenvalue weighted by molar-refractivity contribution is -0.129. The van der Waals surface area contributed by atoms with Crippen molar-refractivity contribution in [1.82, 2.24) is 4.90 Å². The fourth-order valence-electron chi connectivity index (χ4n) is 2.52. The van der Waals surface area contributed by atoms with E-state index in [9.17, 15) is 13.2 Å². The first-order valence-electron chi connectivity index (χ1n) is 7.06. The highest BCUT2D eigenvalue weighted by atomic mass is 32.2. The van der Waals surface area contributed by atoms with Crippen LogP contribution in [0.2, 0.25) is 0 Å². The Labute approximate surface area is 131 Å². The zero-order chi connectivity index (χ0) is 16.4. The van der Waals surface area contributed by atoms with E-state index in [0.717, 1.165) is 11.3 Å². The van der Waals surface area contributed by atoms with Gasteiger partial charge in [-0.1, -0.05) is 12.1 Å². The molecule has 0 unspecified atom stereocenters. The molecule has 1 fully saturated rings. The average Bonchev–Trinajstić information content (AvgIpc) is 2.79. The molecule has 1 aromatic rings. The highest BCUT2D eigenvalue weighted by molar-refractivity contribution is 7.91. The van der Waals surface area contributed by atoms with Crippen LogP contribution in [0.3, 0.4) is 0 Å². The van der Waals surface area contributed by atoms with Crippen molar-refractivity contribution >= 4 is 21.8 Å². The van der Waals surface area contributed by atoms with Gasteiger partial charge < -0.3 is 9.64 Å². The third-order valence-electron chi connectivity index (χ3n) is 4.16. The number of likely N-dealkylation sites (N-methyl/N-ethyl adjacent to an activating group) is 1. The SMILES string of the molecule is COc1ccc(/C=C/C(=O)N(C)[C@@]2(C)CCS(=O)(=O)C2)cc1. The van der Waals surface area contributed by atoms with E-state index in [-0.39, 0.29) is 17.4 Å². The number of benzene rings is 1. The lowest BCUT2D eigenvalue weighted by Gasteiger charge is -2.33. The van der Waals surface area contributed by atoms with Crippen molar-refractivity contribution in [2.75, 3.05) is 25.7 Å². The van der Waals surface area contributed by atoms with Crippen LogP contribution in [0.5, 0.6) is 5.75 Å². The lowest BCUT2D eigenvalue weighted by atomic mass is 10.00. The molecule has 1 aromatic carbocycles. The zero-order valence-corrected chi connectivity index (χ0v) is 13.9. The number of sulfone groups is 1. The maximum atomic E-state index is 12.3. The highest BCUT2D eigenvalue weighted by Crippen LogP contribution is 2.28. The summed E-state index contributed by atoms with van der Waals surface area (Å²) in [6.07, 6.45) is 3.66. The van der Waals surface area contributed by atoms with Crippen LogP contribution < -0.4 is 4.74 Å². The number of nitrogens with zero attached hydrogens (tertiary/aromatic N) is 1. The molecule has 1 aliphatic rings. The summed E-state index contributed by atoms with van der Waals surface area (Å²) in [7, 11) is 0.212. The Kier molecular flexibility index (Phi) is 4.60. The van der Waals surface area contributed by atoms with Crippen molar-refractivity contribution in [2.45, 2.75) is 18.9 Å². The Morgan fingerprint density at radius 2 is 1.95 bits per heavy atom. The largest absolute Gasteiger partial charge is 0.497 e. The molecule has 0 saturated carbocycles. The maximum Gasteiger partial charge on any atom is 0.246 e. The van der Waals surface area contributed by atoms with Gasteiger partial charge in [-0.05, 0) is 37.1 Å². The minimum absolute atomic E-state index is 0.0264. The van der Waals surface area contributed by atoms with Crippen LogP contribution >= 0.6 is 0 Å². The normalized spacial score (nSPS) is 23.6. The molecule has 1 saturated heterocycles. The Hall–Kier alpha value is -1.82. The van der Waals surface area contributed by atoms with E-state index in [4.69, 9.17) is 4.74 Å². The molecule has 0 radical (unpaired) electrons. The zero-order valence-electron chi connectivity index (χ0n) is 13.1. The van der Waals surface area contributed by atoms with Crippen molar-refractivity contribution in [3.8, 4) is 5.75 Å². The van der Waals surface area contributed by atoms with E-state index in [0.29, 0.717) is 6.42 Å². The molecule has 1 atom stereocenters. The van der Waals surface area contributed by atoms with Gasteiger partial charge in [-0.25, -0.2) is 8.42 Å². The molecule has 5 nitrogen and oxygen atoms in total. The monoisotopic (exact) mass is 323 g/mol. The summed E-state index contributed by atoms with van der Waals surface area (Å²) in [5, 5.41) is 0. The number of carbonyl (C=O) groups excluding carboxylic acids is 1. The van der Waals surface area contributed by atoms with Gasteiger partial charge in [0.15, 0.2) is 9.84 Å². The first-order chi connectivity index (χ1) is 10.3. The molecule has 0 aromatic heterocycles. The Bertz CT molecular complexity index is 679. The summed E-state index contributed by atoms with van der Waals surface area (Å²) in [5.41, 5.74) is 0.256. The van der Waals surface area contributed by atoms with Gasteiger partial charge in [-0.3, -0.25) is 4.79 Å². The Balaban J connectivity index is 2.06. The minimum Gasteiger partial charge on any atom is -0.497 e. The smallest absolute Gasteiger partial charge is 0.246 e. The van der Waals surface area contributed by atoms with Crippen LogP contribution in [0.25, 0.3) is 6.08 Å². The molecule has 0 N–H and O–H groups in total. The number of carbonyl (C=O) groups is 1. The molecule has 0 spiro atoms. The molecular weight excluding hydrogens is 302 g/mol. The predicted octanol–water partition coefficient (Wildman–Crippen LogP) is 1.74. The summed E-state index contributed by atoms with van der Waals surface area (Å²) in [6.45, 7) is 1.82. The van der Waals surface area contributed by atoms with Crippen LogP contribution in [-0.4, -0.2) is 50.4 Å². The number of amides is 1. The fraction of sp³-hybridized carbons (Fsp3) is 0.438. The van der Waals surface area contributed by atoms with Gasteiger partial charge in [0.05, 0.1) is 24.2 Å². The van der Waals surface area contributed by atoms with Gasteiger partial charge in [-0.2, -0.15) is 0 Å². The third kappa shape index (κ3) is 3.68. The van der Waals surface area contributed by atoms with Crippen LogP contribution in [-0.2, 0) is 14.6 Å². The van der Waals surface area contributed by atoms with E-state index >= 15 is 0 Å². The predicted molar refractivity (Wildman–Crippen MR) is 86.5 cm³/mol. The first-order valence-corrected chi connectivity index (χ1v) is 8.88. The van der Waals surface area contributed by atoms with Crippen molar-refractivity contribution in [1.29, 1.82) is 0 Å². The van der Waals surface area contributed by atoms with E-state index in [1.807, 2.05) is 31.2 Å². The van der Waals surface area contributed by atoms with Gasteiger partial charge in [0, 0.05) is 13.1 Å². The summed E-state index contributed by atoms with van der Waals surface area (Å²) < 4.78 is 28.4. The van der Waals surface area contributed by atoms with Gasteiger partial charge in [-0.15, -0.1) is 0 Å². The minimum atomic E-state index is -3.04. The second kappa shape index (κ2) is 6.12. The van der Waals surface area contributed by atoms with Crippen molar-refractivity contribution in [2.24, 2.45) is 0 Å². The number of ether oxygens (including phenoxy) is 1. The van der Waals surface area contributed by atoms with Crippen molar-refractivity contribution < 1.29 is 17.9 Å². The lowest BCUT2D eigenvalue weighted by Crippen LogP contribution is -2.47. The molecular formula is C16H21NO4S. The number of methoxy groups -OCH3 is 1. The molecule has 6 heteroatoms. The number of rotatable bonds is 4. The molecule has 120 valence electrons. The summed E-state index contributed by atoms with van der Waals surface area (Å²) in [6, 6.07) is 7.34. The standard InChI is InChI=1S/C16H21NO4S/c1-16(10-11-22(19,20)12-16)17(2)15(18)9-6-13-4-7-14(21-3)8-5-13/h4-9H,10-12H2,1-3H3/b9-6+/t16-/m0/s1. The van der Waals surface area contributed by atoms with E-state index in [1.165, 1.54) is 11.0 Å². The quantitative estimate of drug-likeness (QED) is 0.792. The second-order valence-corrected chi connectivity index (χ2v) is 8.03. The van der Waals surface area contributed by atoms with E-state index in [2.05, 4.69) is 0 Å². The maximum absolute atomic E-state index is 12.3. The molecule has 1 aliphatic heterocycles. The highest BCUT2D eigenvalue weighted by Gasteiger charge is 2.42. The summed E-state index contributed by atoms with van der Waals surface area (Å²) in [4.78, 5) is 13.8. The molecule has 22 heavy (non-hydrogen) atoms. The molecule has 1 heterocycles. The Morgan fingerprint density at radius 3 is 2.45 bits per heavy atom. The van der Waals surface area contributed by atoms with Gasteiger partial charge in [0.2, 0.25) is 5.91 Å². The van der Waals surface area contributed by atoms with Crippen molar-refractivity contribution in [3.63, 3.8) is 0 Å². The van der Waals surface area contributed by atoms with Crippen molar-refractivity contribution in [3.05, 3.63) is 35.9 Å². The second-order valence-electron chi connectivity index (χ2n) is 5.84. The van der Waals surface area contributed by atoms with Gasteiger partial charge in [0.1, 0.15) is 5.75 Å². The van der Waals surface area contributed by atoms with Crippen LogP contribution in [0, 0.1) is 0 Å². The molecule has 2 rings (SSSR count). The number of hydrogen-bond donors (Lipinski definition) is 0. The average molecular weight is 323 g/mol. The van der Waals surface area contributed by atoms with Crippen LogP contribution in [0.4, 0.5) is 0 Å². The van der Waals surface area contributed by atoms with E-state index < -0.39 is 15.4 Å². The summed E-state index contributed by atoms with van der Waals surface area (Å²) >= 11 is 0. The molecule has 0 bridgehead atoms. The van der Waals surface area contributed by atoms with Crippen LogP contribution in [0.1, 0.15) is 18.9 Å². The van der Waals surface area contributed by atoms with Gasteiger partial charge in [0.25, 0.3) is 0 Å². The third-order valence-corrected chi connectivity index (χ3v) is 6.04. The molecule has 0 aliphatic carbocycles. The Morgan fingerprint density at radius 1 is 1.32 bits per heavy atom. The number of hydrogen-bond acceptors (Lipinski definition) is 4. The summed E-state index contributed by atoms with van der Waals surface area (Å²) in [5.74, 6) is 0.724. The molecule has 1 amide bonds. The van der Waals surface area contributed by atoms with Gasteiger partial charge >= 0.3 is 0 Å². The van der Waals surface area contributed by atoms with E-state index in [1.54, 1.807) is 20.2 Å². The van der Waals surface area contributed by atoms with Crippen LogP contribution in [0.15, 0.2) is 30.3 Å². The topological polar surface area (TPSA) is 63.7 Å². The first kappa shape index (κ1) is 16.5.